The molecule has 1 saturated heterocycles. The second kappa shape index (κ2) is 9.32. The van der Waals surface area contributed by atoms with E-state index < -0.39 is 47.7 Å². The number of halogens is 7. The summed E-state index contributed by atoms with van der Waals surface area (Å²) in [4.78, 5) is 14.4. The van der Waals surface area contributed by atoms with Gasteiger partial charge in [-0.2, -0.15) is 26.3 Å². The molecule has 3 rings (SSSR count). The number of benzene rings is 2. The molecule has 3 nitrogen and oxygen atoms in total. The number of hydrogen-bond donors (Lipinski definition) is 1. The highest BCUT2D eigenvalue weighted by Crippen LogP contribution is 2.37. The van der Waals surface area contributed by atoms with Crippen molar-refractivity contribution >= 4 is 5.91 Å². The molecule has 33 heavy (non-hydrogen) atoms. The molecule has 1 aliphatic heterocycles. The Morgan fingerprint density at radius 2 is 1.64 bits per heavy atom. The number of alkyl halides is 6. The van der Waals surface area contributed by atoms with E-state index in [2.05, 4.69) is 5.32 Å². The average molecular weight is 476 g/mol. The van der Waals surface area contributed by atoms with Crippen molar-refractivity contribution in [2.45, 2.75) is 38.2 Å². The van der Waals surface area contributed by atoms with E-state index in [9.17, 15) is 35.5 Å². The van der Waals surface area contributed by atoms with Gasteiger partial charge < -0.3 is 10.2 Å². The molecular weight excluding hydrogens is 453 g/mol. The fourth-order valence-electron chi connectivity index (χ4n) is 4.28. The van der Waals surface area contributed by atoms with E-state index in [1.165, 1.54) is 19.2 Å². The Labute approximate surface area is 186 Å². The minimum Gasteiger partial charge on any atom is -0.341 e. The van der Waals surface area contributed by atoms with E-state index in [1.807, 2.05) is 0 Å². The zero-order valence-electron chi connectivity index (χ0n) is 17.9. The lowest BCUT2D eigenvalue weighted by Gasteiger charge is -2.35. The molecule has 0 aromatic heterocycles. The first-order valence-corrected chi connectivity index (χ1v) is 10.3. The molecule has 1 N–H and O–H groups in total. The van der Waals surface area contributed by atoms with E-state index in [4.69, 9.17) is 0 Å². The predicted molar refractivity (Wildman–Crippen MR) is 108 cm³/mol. The molecule has 1 amide bonds. The summed E-state index contributed by atoms with van der Waals surface area (Å²) >= 11 is 0. The highest BCUT2D eigenvalue weighted by atomic mass is 19.4. The second-order valence-corrected chi connectivity index (χ2v) is 8.32. The molecule has 1 unspecified atom stereocenters. The summed E-state index contributed by atoms with van der Waals surface area (Å²) in [5, 5.41) is 3.18. The number of hydrogen-bond acceptors (Lipinski definition) is 2. The second-order valence-electron chi connectivity index (χ2n) is 8.32. The van der Waals surface area contributed by atoms with Gasteiger partial charge in [0, 0.05) is 32.0 Å². The minimum atomic E-state index is -4.96. The third-order valence-corrected chi connectivity index (χ3v) is 5.87. The van der Waals surface area contributed by atoms with Gasteiger partial charge in [-0.05, 0) is 66.9 Å². The van der Waals surface area contributed by atoms with Gasteiger partial charge in [-0.1, -0.05) is 6.07 Å². The Hall–Kier alpha value is -2.62. The molecule has 1 aliphatic rings. The van der Waals surface area contributed by atoms with Crippen LogP contribution in [0.25, 0.3) is 0 Å². The van der Waals surface area contributed by atoms with Gasteiger partial charge >= 0.3 is 12.4 Å². The monoisotopic (exact) mass is 476 g/mol. The number of carbonyl (C=O) groups is 1. The van der Waals surface area contributed by atoms with Gasteiger partial charge in [0.05, 0.1) is 11.1 Å². The Balaban J connectivity index is 1.87. The molecule has 2 atom stereocenters. The van der Waals surface area contributed by atoms with E-state index in [1.54, 1.807) is 13.0 Å². The van der Waals surface area contributed by atoms with Crippen molar-refractivity contribution in [1.82, 2.24) is 10.2 Å². The number of rotatable bonds is 4. The summed E-state index contributed by atoms with van der Waals surface area (Å²) in [5.74, 6) is -1.66. The third kappa shape index (κ3) is 5.85. The molecule has 0 spiro atoms. The number of nitrogens with one attached hydrogen (secondary N) is 1. The van der Waals surface area contributed by atoms with Crippen molar-refractivity contribution in [3.8, 4) is 0 Å². The van der Waals surface area contributed by atoms with Gasteiger partial charge in [0.1, 0.15) is 5.82 Å². The fourth-order valence-corrected chi connectivity index (χ4v) is 4.28. The zero-order valence-corrected chi connectivity index (χ0v) is 17.9. The Morgan fingerprint density at radius 1 is 1.03 bits per heavy atom. The van der Waals surface area contributed by atoms with Gasteiger partial charge in [0.25, 0.3) is 0 Å². The minimum absolute atomic E-state index is 0.0610. The van der Waals surface area contributed by atoms with Crippen molar-refractivity contribution in [1.29, 1.82) is 0 Å². The van der Waals surface area contributed by atoms with Crippen LogP contribution in [0.1, 0.15) is 40.2 Å². The number of amides is 1. The molecule has 0 aliphatic carbocycles. The van der Waals surface area contributed by atoms with Gasteiger partial charge in [0.2, 0.25) is 5.91 Å². The molecule has 10 heteroatoms. The van der Waals surface area contributed by atoms with Crippen molar-refractivity contribution in [3.63, 3.8) is 0 Å². The van der Waals surface area contributed by atoms with E-state index in [-0.39, 0.29) is 17.5 Å². The summed E-state index contributed by atoms with van der Waals surface area (Å²) in [7, 11) is 1.35. The van der Waals surface area contributed by atoms with Crippen LogP contribution in [0.15, 0.2) is 36.4 Å². The molecule has 180 valence electrons. The summed E-state index contributed by atoms with van der Waals surface area (Å²) in [6.07, 6.45) is -9.49. The van der Waals surface area contributed by atoms with Crippen molar-refractivity contribution < 1.29 is 35.5 Å². The predicted octanol–water partition coefficient (Wildman–Crippen LogP) is 5.52. The Kier molecular flexibility index (Phi) is 7.07. The molecule has 2 aromatic carbocycles. The standard InChI is InChI=1S/C23H23F7N2O/c1-13-7-17(24)3-4-18(13)20-11-31-6-5-19(20)21(33)32(2)12-14-8-15(22(25,26)27)10-16(9-14)23(28,29)30/h3-4,7-10,19-20,31H,5-6,11-12H2,1-2H3/t19-,20?/m0/s1. The Bertz CT molecular complexity index is 985. The van der Waals surface area contributed by atoms with Crippen molar-refractivity contribution in [2.24, 2.45) is 5.92 Å². The van der Waals surface area contributed by atoms with Gasteiger partial charge in [-0.25, -0.2) is 4.39 Å². The molecule has 0 saturated carbocycles. The molecule has 2 aromatic rings. The maximum absolute atomic E-state index is 13.5. The molecule has 1 heterocycles. The van der Waals surface area contributed by atoms with Crippen LogP contribution in [0, 0.1) is 18.7 Å². The number of piperidine rings is 1. The molecule has 0 radical (unpaired) electrons. The van der Waals surface area contributed by atoms with Gasteiger partial charge in [0.15, 0.2) is 0 Å². The molecular formula is C23H23F7N2O. The van der Waals surface area contributed by atoms with Crippen LogP contribution in [0.2, 0.25) is 0 Å². The van der Waals surface area contributed by atoms with Crippen LogP contribution in [-0.4, -0.2) is 30.9 Å². The summed E-state index contributed by atoms with van der Waals surface area (Å²) in [6, 6.07) is 5.57. The lowest BCUT2D eigenvalue weighted by atomic mass is 9.79. The smallest absolute Gasteiger partial charge is 0.341 e. The fraction of sp³-hybridized carbons (Fsp3) is 0.435. The van der Waals surface area contributed by atoms with E-state index in [0.29, 0.717) is 37.2 Å². The maximum Gasteiger partial charge on any atom is 0.416 e. The van der Waals surface area contributed by atoms with Crippen LogP contribution < -0.4 is 5.32 Å². The largest absolute Gasteiger partial charge is 0.416 e. The quantitative estimate of drug-likeness (QED) is 0.590. The van der Waals surface area contributed by atoms with E-state index in [0.717, 1.165) is 10.5 Å². The van der Waals surface area contributed by atoms with Crippen molar-refractivity contribution in [2.75, 3.05) is 20.1 Å². The first-order chi connectivity index (χ1) is 15.3. The summed E-state index contributed by atoms with van der Waals surface area (Å²) < 4.78 is 92.4. The van der Waals surface area contributed by atoms with Crippen LogP contribution in [0.3, 0.4) is 0 Å². The highest BCUT2D eigenvalue weighted by Gasteiger charge is 2.38. The highest BCUT2D eigenvalue weighted by molar-refractivity contribution is 5.80. The van der Waals surface area contributed by atoms with Crippen LogP contribution in [-0.2, 0) is 23.7 Å². The van der Waals surface area contributed by atoms with Crippen LogP contribution in [0.5, 0.6) is 0 Å². The van der Waals surface area contributed by atoms with Gasteiger partial charge in [-0.3, -0.25) is 4.79 Å². The molecule has 1 fully saturated rings. The van der Waals surface area contributed by atoms with Gasteiger partial charge in [-0.15, -0.1) is 0 Å². The average Bonchev–Trinajstić information content (AvgIpc) is 2.72. The summed E-state index contributed by atoms with van der Waals surface area (Å²) in [6.45, 7) is 2.28. The maximum atomic E-state index is 13.5. The first kappa shape index (κ1) is 25.0. The lowest BCUT2D eigenvalue weighted by molar-refractivity contribution is -0.143. The SMILES string of the molecule is Cc1cc(F)ccc1C1CNCC[C@@H]1C(=O)N(C)Cc1cc(C(F)(F)F)cc(C(F)(F)F)c1. The van der Waals surface area contributed by atoms with Crippen LogP contribution in [0.4, 0.5) is 30.7 Å². The first-order valence-electron chi connectivity index (χ1n) is 10.3. The topological polar surface area (TPSA) is 32.3 Å². The third-order valence-electron chi connectivity index (χ3n) is 5.87. The number of aryl methyl sites for hydroxylation is 1. The van der Waals surface area contributed by atoms with E-state index >= 15 is 0 Å². The zero-order chi connectivity index (χ0) is 24.6. The van der Waals surface area contributed by atoms with Crippen molar-refractivity contribution in [3.05, 3.63) is 70.0 Å². The lowest BCUT2D eigenvalue weighted by Crippen LogP contribution is -2.44. The number of carbonyl (C=O) groups excluding carboxylic acids is 1. The Morgan fingerprint density at radius 3 is 2.18 bits per heavy atom. The number of nitrogens with zero attached hydrogens (tertiary/aromatic N) is 1. The normalized spacial score (nSPS) is 19.4. The van der Waals surface area contributed by atoms with Crippen LogP contribution >= 0.6 is 0 Å². The molecule has 0 bridgehead atoms. The summed E-state index contributed by atoms with van der Waals surface area (Å²) in [5.41, 5.74) is -1.67.